The maximum atomic E-state index is 13.4. The fraction of sp³-hybridized carbons (Fsp3) is 0.143. The molecular weight excluding hydrogens is 444 g/mol. The van der Waals surface area contributed by atoms with Crippen molar-refractivity contribution in [3.8, 4) is 11.5 Å². The van der Waals surface area contributed by atoms with E-state index in [2.05, 4.69) is 4.98 Å². The number of carbonyl (C=O) groups is 2. The van der Waals surface area contributed by atoms with E-state index >= 15 is 0 Å². The SMILES string of the molecule is CCOc1ccc(N2C(=O)C(=O)/C(=C(/O)c3cccc(OC)c3)C2c2c[nH]c3ccccc23)cc1. The Balaban J connectivity index is 1.73. The molecule has 1 atom stereocenters. The maximum Gasteiger partial charge on any atom is 0.300 e. The molecule has 35 heavy (non-hydrogen) atoms. The summed E-state index contributed by atoms with van der Waals surface area (Å²) in [6, 6.07) is 20.6. The number of rotatable bonds is 6. The van der Waals surface area contributed by atoms with E-state index in [0.717, 1.165) is 10.9 Å². The van der Waals surface area contributed by atoms with Gasteiger partial charge in [0.2, 0.25) is 0 Å². The number of ether oxygens (including phenoxy) is 2. The van der Waals surface area contributed by atoms with Crippen molar-refractivity contribution in [3.63, 3.8) is 0 Å². The van der Waals surface area contributed by atoms with Crippen molar-refractivity contribution >= 4 is 34.0 Å². The summed E-state index contributed by atoms with van der Waals surface area (Å²) in [7, 11) is 1.52. The van der Waals surface area contributed by atoms with E-state index in [1.165, 1.54) is 12.0 Å². The molecule has 1 amide bonds. The molecule has 3 aromatic carbocycles. The lowest BCUT2D eigenvalue weighted by molar-refractivity contribution is -0.132. The van der Waals surface area contributed by atoms with Crippen LogP contribution >= 0.6 is 0 Å². The lowest BCUT2D eigenvalue weighted by Gasteiger charge is -2.25. The molecule has 0 aliphatic carbocycles. The monoisotopic (exact) mass is 468 g/mol. The van der Waals surface area contributed by atoms with E-state index in [1.54, 1.807) is 54.7 Å². The number of methoxy groups -OCH3 is 1. The summed E-state index contributed by atoms with van der Waals surface area (Å²) in [5.74, 6) is -0.541. The highest BCUT2D eigenvalue weighted by atomic mass is 16.5. The predicted octanol–water partition coefficient (Wildman–Crippen LogP) is 5.20. The Morgan fingerprint density at radius 2 is 1.77 bits per heavy atom. The molecule has 1 aliphatic rings. The first-order valence-corrected chi connectivity index (χ1v) is 11.3. The Labute approximate surface area is 202 Å². The zero-order chi connectivity index (χ0) is 24.5. The zero-order valence-corrected chi connectivity index (χ0v) is 19.3. The van der Waals surface area contributed by atoms with Gasteiger partial charge in [-0.1, -0.05) is 30.3 Å². The van der Waals surface area contributed by atoms with Crippen LogP contribution in [0, 0.1) is 0 Å². The molecule has 2 N–H and O–H groups in total. The minimum absolute atomic E-state index is 0.0156. The molecular formula is C28H24N2O5. The van der Waals surface area contributed by atoms with Crippen LogP contribution < -0.4 is 14.4 Å². The number of para-hydroxylation sites is 1. The summed E-state index contributed by atoms with van der Waals surface area (Å²) in [5.41, 5.74) is 2.50. The summed E-state index contributed by atoms with van der Waals surface area (Å²) in [4.78, 5) is 31.4. The van der Waals surface area contributed by atoms with Crippen molar-refractivity contribution in [1.29, 1.82) is 0 Å². The van der Waals surface area contributed by atoms with Crippen molar-refractivity contribution in [2.45, 2.75) is 13.0 Å². The smallest absolute Gasteiger partial charge is 0.300 e. The van der Waals surface area contributed by atoms with Crippen LogP contribution in [0.15, 0.2) is 84.6 Å². The third-order valence-electron chi connectivity index (χ3n) is 6.13. The van der Waals surface area contributed by atoms with Gasteiger partial charge in [-0.25, -0.2) is 0 Å². The number of hydrogen-bond acceptors (Lipinski definition) is 5. The Hall–Kier alpha value is -4.52. The normalized spacial score (nSPS) is 17.2. The molecule has 1 fully saturated rings. The molecule has 0 bridgehead atoms. The molecule has 5 rings (SSSR count). The minimum Gasteiger partial charge on any atom is -0.507 e. The first-order chi connectivity index (χ1) is 17.0. The molecule has 1 saturated heterocycles. The quantitative estimate of drug-likeness (QED) is 0.231. The molecule has 2 heterocycles. The molecule has 7 heteroatoms. The number of aromatic nitrogens is 1. The van der Waals surface area contributed by atoms with Crippen LogP contribution in [0.5, 0.6) is 11.5 Å². The number of amides is 1. The van der Waals surface area contributed by atoms with Crippen LogP contribution in [0.1, 0.15) is 24.1 Å². The number of aliphatic hydroxyl groups excluding tert-OH is 1. The number of carbonyl (C=O) groups excluding carboxylic acids is 2. The van der Waals surface area contributed by atoms with Crippen molar-refractivity contribution in [2.75, 3.05) is 18.6 Å². The minimum atomic E-state index is -0.838. The average Bonchev–Trinajstić information content (AvgIpc) is 3.43. The summed E-state index contributed by atoms with van der Waals surface area (Å²) in [6.45, 7) is 2.40. The summed E-state index contributed by atoms with van der Waals surface area (Å²) in [5, 5.41) is 12.2. The maximum absolute atomic E-state index is 13.4. The molecule has 1 aromatic heterocycles. The third-order valence-corrected chi connectivity index (χ3v) is 6.13. The standard InChI is InChI=1S/C28H24N2O5/c1-3-35-19-13-11-18(12-14-19)30-25(22-16-29-23-10-5-4-9-21(22)23)24(27(32)28(30)33)26(31)17-7-6-8-20(15-17)34-2/h4-16,25,29,31H,3H2,1-2H3/b26-24+. The number of nitrogens with zero attached hydrogens (tertiary/aromatic N) is 1. The van der Waals surface area contributed by atoms with Crippen LogP contribution in [0.25, 0.3) is 16.7 Å². The molecule has 1 aliphatic heterocycles. The highest BCUT2D eigenvalue weighted by Crippen LogP contribution is 2.44. The number of aliphatic hydroxyl groups is 1. The number of nitrogens with one attached hydrogen (secondary N) is 1. The number of Topliss-reactive ketones (excluding diaryl/α,β-unsaturated/α-hetero) is 1. The number of ketones is 1. The number of anilines is 1. The fourth-order valence-corrected chi connectivity index (χ4v) is 4.51. The van der Waals surface area contributed by atoms with Crippen LogP contribution in [0.3, 0.4) is 0 Å². The van der Waals surface area contributed by atoms with Gasteiger partial charge in [-0.15, -0.1) is 0 Å². The molecule has 176 valence electrons. The van der Waals surface area contributed by atoms with Crippen LogP contribution in [0.4, 0.5) is 5.69 Å². The fourth-order valence-electron chi connectivity index (χ4n) is 4.51. The molecule has 1 unspecified atom stereocenters. The first kappa shape index (κ1) is 22.3. The summed E-state index contributed by atoms with van der Waals surface area (Å²) < 4.78 is 10.8. The highest BCUT2D eigenvalue weighted by Gasteiger charge is 2.47. The van der Waals surface area contributed by atoms with Crippen molar-refractivity contribution in [3.05, 3.63) is 95.7 Å². The van der Waals surface area contributed by atoms with E-state index in [0.29, 0.717) is 34.9 Å². The molecule has 0 radical (unpaired) electrons. The van der Waals surface area contributed by atoms with Gasteiger partial charge in [0.05, 0.1) is 25.3 Å². The van der Waals surface area contributed by atoms with Gasteiger partial charge in [0, 0.05) is 33.9 Å². The Bertz CT molecular complexity index is 1450. The van der Waals surface area contributed by atoms with Gasteiger partial charge in [-0.3, -0.25) is 14.5 Å². The van der Waals surface area contributed by atoms with Crippen molar-refractivity contribution in [1.82, 2.24) is 4.98 Å². The average molecular weight is 469 g/mol. The summed E-state index contributed by atoms with van der Waals surface area (Å²) in [6.07, 6.45) is 1.78. The number of aromatic amines is 1. The van der Waals surface area contributed by atoms with E-state index in [4.69, 9.17) is 9.47 Å². The second kappa shape index (κ2) is 9.02. The van der Waals surface area contributed by atoms with Gasteiger partial charge < -0.3 is 19.6 Å². The number of H-pyrrole nitrogens is 1. The van der Waals surface area contributed by atoms with E-state index in [1.807, 2.05) is 31.2 Å². The van der Waals surface area contributed by atoms with Crippen LogP contribution in [0.2, 0.25) is 0 Å². The van der Waals surface area contributed by atoms with Crippen LogP contribution in [-0.2, 0) is 9.59 Å². The molecule has 7 nitrogen and oxygen atoms in total. The van der Waals surface area contributed by atoms with Gasteiger partial charge in [-0.05, 0) is 49.4 Å². The first-order valence-electron chi connectivity index (χ1n) is 11.3. The number of benzene rings is 3. The van der Waals surface area contributed by atoms with Crippen molar-refractivity contribution in [2.24, 2.45) is 0 Å². The Kier molecular flexibility index (Phi) is 5.74. The molecule has 0 spiro atoms. The van der Waals surface area contributed by atoms with Gasteiger partial charge >= 0.3 is 0 Å². The topological polar surface area (TPSA) is 91.9 Å². The van der Waals surface area contributed by atoms with Gasteiger partial charge in [0.15, 0.2) is 0 Å². The van der Waals surface area contributed by atoms with E-state index in [-0.39, 0.29) is 11.3 Å². The molecule has 0 saturated carbocycles. The number of hydrogen-bond donors (Lipinski definition) is 2. The summed E-state index contributed by atoms with van der Waals surface area (Å²) >= 11 is 0. The number of fused-ring (bicyclic) bond motifs is 1. The van der Waals surface area contributed by atoms with Gasteiger partial charge in [0.25, 0.3) is 11.7 Å². The highest BCUT2D eigenvalue weighted by molar-refractivity contribution is 6.51. The van der Waals surface area contributed by atoms with Crippen molar-refractivity contribution < 1.29 is 24.2 Å². The van der Waals surface area contributed by atoms with Gasteiger partial charge in [-0.2, -0.15) is 0 Å². The Morgan fingerprint density at radius 1 is 1.00 bits per heavy atom. The Morgan fingerprint density at radius 3 is 2.51 bits per heavy atom. The van der Waals surface area contributed by atoms with E-state index in [9.17, 15) is 14.7 Å². The van der Waals surface area contributed by atoms with Crippen LogP contribution in [-0.4, -0.2) is 35.5 Å². The van der Waals surface area contributed by atoms with E-state index < -0.39 is 17.7 Å². The zero-order valence-electron chi connectivity index (χ0n) is 19.3. The lowest BCUT2D eigenvalue weighted by Crippen LogP contribution is -2.29. The van der Waals surface area contributed by atoms with Gasteiger partial charge in [0.1, 0.15) is 17.3 Å². The third kappa shape index (κ3) is 3.81. The lowest BCUT2D eigenvalue weighted by atomic mass is 9.94. The second-order valence-electron chi connectivity index (χ2n) is 8.12. The second-order valence-corrected chi connectivity index (χ2v) is 8.12. The predicted molar refractivity (Wildman–Crippen MR) is 134 cm³/mol. The molecule has 4 aromatic rings. The largest absolute Gasteiger partial charge is 0.507 e.